The Labute approximate surface area is 162 Å². The number of benzene rings is 1. The Morgan fingerprint density at radius 2 is 2.15 bits per heavy atom. The second-order valence-electron chi connectivity index (χ2n) is 6.11. The van der Waals surface area contributed by atoms with Crippen LogP contribution in [0.2, 0.25) is 0 Å². The molecule has 2 aromatic heterocycles. The summed E-state index contributed by atoms with van der Waals surface area (Å²) in [6.45, 7) is 1.34. The Hall–Kier alpha value is -2.43. The van der Waals surface area contributed by atoms with Crippen LogP contribution in [0.25, 0.3) is 5.52 Å². The first-order valence-corrected chi connectivity index (χ1v) is 9.29. The lowest BCUT2D eigenvalue weighted by Gasteiger charge is -2.16. The van der Waals surface area contributed by atoms with Gasteiger partial charge in [-0.2, -0.15) is 5.10 Å². The summed E-state index contributed by atoms with van der Waals surface area (Å²) in [4.78, 5) is 33.0. The zero-order valence-corrected chi connectivity index (χ0v) is 15.9. The van der Waals surface area contributed by atoms with Crippen LogP contribution in [0, 0.1) is 3.70 Å². The van der Waals surface area contributed by atoms with Crippen molar-refractivity contribution in [2.45, 2.75) is 18.9 Å². The molecule has 134 valence electrons. The molecule has 0 saturated carbocycles. The minimum absolute atomic E-state index is 0.0181. The molecule has 1 aliphatic heterocycles. The number of aromatic amines is 1. The molecule has 0 bridgehead atoms. The minimum Gasteiger partial charge on any atom is -0.445 e. The number of carbonyl (C=O) groups is 1. The average molecular weight is 465 g/mol. The molecule has 1 aromatic carbocycles. The van der Waals surface area contributed by atoms with E-state index in [0.717, 1.165) is 12.0 Å². The van der Waals surface area contributed by atoms with Crippen LogP contribution in [-0.2, 0) is 11.3 Å². The predicted molar refractivity (Wildman–Crippen MR) is 102 cm³/mol. The van der Waals surface area contributed by atoms with Crippen molar-refractivity contribution in [3.8, 4) is 0 Å². The molecule has 1 atom stereocenters. The van der Waals surface area contributed by atoms with Gasteiger partial charge in [0, 0.05) is 19.0 Å². The Kier molecular flexibility index (Phi) is 4.62. The van der Waals surface area contributed by atoms with Gasteiger partial charge in [-0.25, -0.2) is 14.3 Å². The van der Waals surface area contributed by atoms with Crippen molar-refractivity contribution in [1.82, 2.24) is 24.5 Å². The molecule has 9 heteroatoms. The Morgan fingerprint density at radius 3 is 2.96 bits per heavy atom. The molecule has 3 heterocycles. The molecular weight excluding hydrogens is 449 g/mol. The Bertz CT molecular complexity index is 1000. The first-order valence-electron chi connectivity index (χ1n) is 8.21. The monoisotopic (exact) mass is 465 g/mol. The molecular formula is C17H16IN5O3. The lowest BCUT2D eigenvalue weighted by molar-refractivity contribution is 0.104. The molecule has 8 nitrogen and oxygen atoms in total. The summed E-state index contributed by atoms with van der Waals surface area (Å²) in [5, 5.41) is 4.21. The number of rotatable bonds is 3. The first kappa shape index (κ1) is 17.0. The number of fused-ring (bicyclic) bond motifs is 1. The van der Waals surface area contributed by atoms with E-state index in [-0.39, 0.29) is 24.2 Å². The van der Waals surface area contributed by atoms with E-state index < -0.39 is 0 Å². The van der Waals surface area contributed by atoms with Gasteiger partial charge >= 0.3 is 6.09 Å². The third-order valence-electron chi connectivity index (χ3n) is 4.44. The van der Waals surface area contributed by atoms with E-state index in [4.69, 9.17) is 4.74 Å². The van der Waals surface area contributed by atoms with Gasteiger partial charge in [-0.1, -0.05) is 30.3 Å². The number of H-pyrrole nitrogens is 1. The molecule has 1 amide bonds. The number of hydrogen-bond donors (Lipinski definition) is 1. The van der Waals surface area contributed by atoms with Crippen molar-refractivity contribution in [3.63, 3.8) is 0 Å². The third-order valence-corrected chi connectivity index (χ3v) is 5.19. The first-order chi connectivity index (χ1) is 12.6. The molecule has 3 aromatic rings. The predicted octanol–water partition coefficient (Wildman–Crippen LogP) is 2.15. The van der Waals surface area contributed by atoms with Crippen molar-refractivity contribution < 1.29 is 9.53 Å². The fraction of sp³-hybridized carbons (Fsp3) is 0.294. The topological polar surface area (TPSA) is 92.6 Å². The van der Waals surface area contributed by atoms with Crippen LogP contribution in [0.5, 0.6) is 0 Å². The zero-order chi connectivity index (χ0) is 18.1. The Balaban J connectivity index is 1.46. The van der Waals surface area contributed by atoms with Gasteiger partial charge < -0.3 is 14.6 Å². The zero-order valence-electron chi connectivity index (χ0n) is 13.8. The lowest BCUT2D eigenvalue weighted by atomic mass is 10.1. The van der Waals surface area contributed by atoms with Gasteiger partial charge in [0.2, 0.25) is 0 Å². The smallest absolute Gasteiger partial charge is 0.410 e. The molecule has 26 heavy (non-hydrogen) atoms. The fourth-order valence-electron chi connectivity index (χ4n) is 3.13. The number of halogens is 1. The lowest BCUT2D eigenvalue weighted by Crippen LogP contribution is -2.29. The number of likely N-dealkylation sites (tertiary alicyclic amines) is 1. The normalized spacial score (nSPS) is 17.0. The molecule has 1 N–H and O–H groups in total. The number of carbonyl (C=O) groups excluding carboxylic acids is 1. The van der Waals surface area contributed by atoms with Gasteiger partial charge in [-0.15, -0.1) is 0 Å². The fourth-order valence-corrected chi connectivity index (χ4v) is 3.86. The van der Waals surface area contributed by atoms with Crippen LogP contribution < -0.4 is 5.56 Å². The van der Waals surface area contributed by atoms with Crippen molar-refractivity contribution in [3.05, 3.63) is 62.1 Å². The third kappa shape index (κ3) is 3.18. The van der Waals surface area contributed by atoms with Gasteiger partial charge in [0.1, 0.15) is 22.5 Å². The summed E-state index contributed by atoms with van der Waals surface area (Å²) < 4.78 is 7.58. The number of nitrogens with zero attached hydrogens (tertiary/aromatic N) is 4. The SMILES string of the molecule is O=C(OCc1ccccc1)N1CC[C@@H](c2nc(I)c3c(=O)[nH]cnn23)C1. The maximum absolute atomic E-state index is 12.3. The van der Waals surface area contributed by atoms with Crippen LogP contribution in [0.15, 0.2) is 41.5 Å². The van der Waals surface area contributed by atoms with Gasteiger partial charge in [0.15, 0.2) is 5.52 Å². The van der Waals surface area contributed by atoms with E-state index in [1.54, 1.807) is 9.42 Å². The molecule has 1 fully saturated rings. The van der Waals surface area contributed by atoms with Gasteiger partial charge in [-0.05, 0) is 34.6 Å². The van der Waals surface area contributed by atoms with Gasteiger partial charge in [-0.3, -0.25) is 4.79 Å². The molecule has 1 saturated heterocycles. The van der Waals surface area contributed by atoms with Crippen LogP contribution in [-0.4, -0.2) is 43.7 Å². The van der Waals surface area contributed by atoms with Crippen molar-refractivity contribution >= 4 is 34.2 Å². The van der Waals surface area contributed by atoms with E-state index in [9.17, 15) is 9.59 Å². The van der Waals surface area contributed by atoms with Crippen molar-refractivity contribution in [2.75, 3.05) is 13.1 Å². The molecule has 0 unspecified atom stereocenters. The average Bonchev–Trinajstić information content (AvgIpc) is 3.26. The van der Waals surface area contributed by atoms with Crippen LogP contribution in [0.1, 0.15) is 23.7 Å². The highest BCUT2D eigenvalue weighted by atomic mass is 127. The highest BCUT2D eigenvalue weighted by molar-refractivity contribution is 14.1. The van der Waals surface area contributed by atoms with E-state index in [2.05, 4.69) is 15.1 Å². The van der Waals surface area contributed by atoms with Crippen molar-refractivity contribution in [2.24, 2.45) is 0 Å². The largest absolute Gasteiger partial charge is 0.445 e. The maximum atomic E-state index is 12.3. The molecule has 0 aliphatic carbocycles. The second-order valence-corrected chi connectivity index (χ2v) is 7.13. The summed E-state index contributed by atoms with van der Waals surface area (Å²) in [5.74, 6) is 0.721. The number of hydrogen-bond acceptors (Lipinski definition) is 5. The second kappa shape index (κ2) is 7.06. The van der Waals surface area contributed by atoms with Gasteiger partial charge in [0.05, 0.1) is 0 Å². The van der Waals surface area contributed by atoms with E-state index >= 15 is 0 Å². The number of nitrogens with one attached hydrogen (secondary N) is 1. The standard InChI is InChI=1S/C17H16IN5O3/c18-14-13-16(24)19-10-20-23(13)15(21-14)12-6-7-22(8-12)17(25)26-9-11-4-2-1-3-5-11/h1-5,10,12H,6-9H2,(H,19,20,24)/t12-/m1/s1. The number of amides is 1. The highest BCUT2D eigenvalue weighted by Gasteiger charge is 2.32. The number of aromatic nitrogens is 4. The van der Waals surface area contributed by atoms with Gasteiger partial charge in [0.25, 0.3) is 5.56 Å². The number of imidazole rings is 1. The highest BCUT2D eigenvalue weighted by Crippen LogP contribution is 2.28. The van der Waals surface area contributed by atoms with E-state index in [0.29, 0.717) is 28.1 Å². The summed E-state index contributed by atoms with van der Waals surface area (Å²) in [7, 11) is 0. The van der Waals surface area contributed by atoms with E-state index in [1.807, 2.05) is 52.9 Å². The van der Waals surface area contributed by atoms with E-state index in [1.165, 1.54) is 6.33 Å². The van der Waals surface area contributed by atoms with Crippen LogP contribution in [0.4, 0.5) is 4.79 Å². The van der Waals surface area contributed by atoms with Crippen LogP contribution in [0.3, 0.4) is 0 Å². The summed E-state index contributed by atoms with van der Waals surface area (Å²) >= 11 is 2.03. The molecule has 0 radical (unpaired) electrons. The molecule has 0 spiro atoms. The van der Waals surface area contributed by atoms with Crippen LogP contribution >= 0.6 is 22.6 Å². The Morgan fingerprint density at radius 1 is 1.35 bits per heavy atom. The molecule has 1 aliphatic rings. The minimum atomic E-state index is -0.335. The summed E-state index contributed by atoms with van der Waals surface area (Å²) in [6, 6.07) is 9.58. The summed E-state index contributed by atoms with van der Waals surface area (Å²) in [5.41, 5.74) is 1.17. The molecule has 4 rings (SSSR count). The van der Waals surface area contributed by atoms with Crippen molar-refractivity contribution in [1.29, 1.82) is 0 Å². The number of ether oxygens (including phenoxy) is 1. The maximum Gasteiger partial charge on any atom is 0.410 e. The quantitative estimate of drug-likeness (QED) is 0.599. The summed E-state index contributed by atoms with van der Waals surface area (Å²) in [6.07, 6.45) is 1.78.